The highest BCUT2D eigenvalue weighted by Crippen LogP contribution is 2.09. The van der Waals surface area contributed by atoms with Crippen molar-refractivity contribution in [2.45, 2.75) is 26.2 Å². The van der Waals surface area contributed by atoms with E-state index in [0.29, 0.717) is 0 Å². The van der Waals surface area contributed by atoms with Crippen LogP contribution >= 0.6 is 11.3 Å². The molecule has 1 aromatic heterocycles. The monoisotopic (exact) mass is 239 g/mol. The van der Waals surface area contributed by atoms with Crippen molar-refractivity contribution in [1.29, 1.82) is 0 Å². The third-order valence-corrected chi connectivity index (χ3v) is 3.88. The first-order valence-corrected chi connectivity index (χ1v) is 7.05. The molecule has 1 atom stereocenters. The van der Waals surface area contributed by atoms with Gasteiger partial charge in [-0.2, -0.15) is 0 Å². The number of aromatic nitrogens is 1. The molecule has 16 heavy (non-hydrogen) atoms. The van der Waals surface area contributed by atoms with E-state index in [9.17, 15) is 0 Å². The molecule has 2 rings (SSSR count). The molecule has 1 aliphatic rings. The van der Waals surface area contributed by atoms with Crippen molar-refractivity contribution in [1.82, 2.24) is 15.6 Å². The highest BCUT2D eigenvalue weighted by Gasteiger charge is 2.11. The first kappa shape index (κ1) is 12.0. The summed E-state index contributed by atoms with van der Waals surface area (Å²) >= 11 is 1.74. The summed E-state index contributed by atoms with van der Waals surface area (Å²) in [5.41, 5.74) is 1.23. The first-order valence-electron chi connectivity index (χ1n) is 6.17. The molecule has 90 valence electrons. The quantitative estimate of drug-likeness (QED) is 0.766. The molecule has 2 heterocycles. The normalized spacial score (nSPS) is 21.2. The van der Waals surface area contributed by atoms with Crippen LogP contribution in [0.15, 0.2) is 5.38 Å². The zero-order valence-electron chi connectivity index (χ0n) is 9.96. The number of hydrogen-bond acceptors (Lipinski definition) is 4. The molecule has 4 heteroatoms. The van der Waals surface area contributed by atoms with E-state index in [-0.39, 0.29) is 0 Å². The van der Waals surface area contributed by atoms with Crippen LogP contribution in [0.25, 0.3) is 0 Å². The zero-order valence-corrected chi connectivity index (χ0v) is 10.8. The number of nitrogens with zero attached hydrogens (tertiary/aromatic N) is 1. The van der Waals surface area contributed by atoms with E-state index in [0.717, 1.165) is 25.4 Å². The lowest BCUT2D eigenvalue weighted by Crippen LogP contribution is -2.36. The van der Waals surface area contributed by atoms with E-state index >= 15 is 0 Å². The van der Waals surface area contributed by atoms with Gasteiger partial charge in [-0.3, -0.25) is 0 Å². The molecule has 0 spiro atoms. The van der Waals surface area contributed by atoms with Crippen LogP contribution in [0, 0.1) is 12.8 Å². The van der Waals surface area contributed by atoms with Crippen LogP contribution < -0.4 is 10.6 Å². The van der Waals surface area contributed by atoms with E-state index in [1.54, 1.807) is 11.3 Å². The summed E-state index contributed by atoms with van der Waals surface area (Å²) in [5.74, 6) is 0.825. The molecule has 1 unspecified atom stereocenters. The summed E-state index contributed by atoms with van der Waals surface area (Å²) < 4.78 is 0. The fourth-order valence-corrected chi connectivity index (χ4v) is 2.79. The number of thiazole rings is 1. The van der Waals surface area contributed by atoms with Crippen LogP contribution in [-0.4, -0.2) is 31.2 Å². The molecule has 1 saturated heterocycles. The SMILES string of the molecule is Cc1nc(CCNCC2CCCNC2)cs1. The van der Waals surface area contributed by atoms with Crippen LogP contribution in [-0.2, 0) is 6.42 Å². The standard InChI is InChI=1S/C12H21N3S/c1-10-15-12(9-16-10)4-6-14-8-11-3-2-5-13-7-11/h9,11,13-14H,2-8H2,1H3. The van der Waals surface area contributed by atoms with E-state index in [1.807, 2.05) is 0 Å². The second-order valence-electron chi connectivity index (χ2n) is 4.52. The van der Waals surface area contributed by atoms with Gasteiger partial charge in [-0.1, -0.05) is 0 Å². The molecule has 1 aliphatic heterocycles. The van der Waals surface area contributed by atoms with Crippen molar-refractivity contribution in [3.8, 4) is 0 Å². The fourth-order valence-electron chi connectivity index (χ4n) is 2.14. The predicted octanol–water partition coefficient (Wildman–Crippen LogP) is 1.58. The smallest absolute Gasteiger partial charge is 0.0897 e. The average Bonchev–Trinajstić information content (AvgIpc) is 2.72. The Bertz CT molecular complexity index is 305. The molecular formula is C12H21N3S. The fraction of sp³-hybridized carbons (Fsp3) is 0.750. The largest absolute Gasteiger partial charge is 0.316 e. The Kier molecular flexibility index (Phi) is 4.75. The van der Waals surface area contributed by atoms with Gasteiger partial charge >= 0.3 is 0 Å². The summed E-state index contributed by atoms with van der Waals surface area (Å²) in [7, 11) is 0. The Morgan fingerprint density at radius 3 is 3.25 bits per heavy atom. The molecule has 1 fully saturated rings. The Morgan fingerprint density at radius 2 is 2.56 bits per heavy atom. The van der Waals surface area contributed by atoms with Gasteiger partial charge in [0.2, 0.25) is 0 Å². The first-order chi connectivity index (χ1) is 7.84. The number of rotatable bonds is 5. The molecule has 0 radical (unpaired) electrons. The maximum absolute atomic E-state index is 4.46. The van der Waals surface area contributed by atoms with E-state index < -0.39 is 0 Å². The molecule has 0 saturated carbocycles. The minimum atomic E-state index is 0.825. The Labute approximate surface area is 102 Å². The molecule has 0 aliphatic carbocycles. The van der Waals surface area contributed by atoms with Gasteiger partial charge in [-0.05, 0) is 45.3 Å². The highest BCUT2D eigenvalue weighted by molar-refractivity contribution is 7.09. The maximum Gasteiger partial charge on any atom is 0.0897 e. The topological polar surface area (TPSA) is 37.0 Å². The van der Waals surface area contributed by atoms with E-state index in [1.165, 1.54) is 36.6 Å². The second-order valence-corrected chi connectivity index (χ2v) is 5.59. The van der Waals surface area contributed by atoms with Crippen molar-refractivity contribution in [2.75, 3.05) is 26.2 Å². The van der Waals surface area contributed by atoms with E-state index in [4.69, 9.17) is 0 Å². The van der Waals surface area contributed by atoms with Crippen molar-refractivity contribution in [3.63, 3.8) is 0 Å². The minimum Gasteiger partial charge on any atom is -0.316 e. The second kappa shape index (κ2) is 6.33. The predicted molar refractivity (Wildman–Crippen MR) is 69.0 cm³/mol. The van der Waals surface area contributed by atoms with Gasteiger partial charge in [0.15, 0.2) is 0 Å². The van der Waals surface area contributed by atoms with Crippen molar-refractivity contribution < 1.29 is 0 Å². The number of aryl methyl sites for hydroxylation is 1. The van der Waals surface area contributed by atoms with Gasteiger partial charge in [0.1, 0.15) is 0 Å². The zero-order chi connectivity index (χ0) is 11.2. The lowest BCUT2D eigenvalue weighted by molar-refractivity contribution is 0.361. The average molecular weight is 239 g/mol. The number of piperidine rings is 1. The van der Waals surface area contributed by atoms with Crippen LogP contribution in [0.4, 0.5) is 0 Å². The minimum absolute atomic E-state index is 0.825. The number of hydrogen-bond donors (Lipinski definition) is 2. The van der Waals surface area contributed by atoms with Crippen LogP contribution in [0.2, 0.25) is 0 Å². The van der Waals surface area contributed by atoms with Crippen molar-refractivity contribution in [2.24, 2.45) is 5.92 Å². The summed E-state index contributed by atoms with van der Waals surface area (Å²) in [6, 6.07) is 0. The van der Waals surface area contributed by atoms with Gasteiger partial charge in [-0.15, -0.1) is 11.3 Å². The third kappa shape index (κ3) is 3.85. The molecule has 0 aromatic carbocycles. The maximum atomic E-state index is 4.46. The van der Waals surface area contributed by atoms with Crippen LogP contribution in [0.5, 0.6) is 0 Å². The Hall–Kier alpha value is -0.450. The third-order valence-electron chi connectivity index (χ3n) is 3.06. The van der Waals surface area contributed by atoms with E-state index in [2.05, 4.69) is 27.9 Å². The molecule has 0 amide bonds. The molecule has 3 nitrogen and oxygen atoms in total. The Balaban J connectivity index is 1.57. The molecule has 2 N–H and O–H groups in total. The molecule has 1 aromatic rings. The summed E-state index contributed by atoms with van der Waals surface area (Å²) in [6.07, 6.45) is 3.76. The lowest BCUT2D eigenvalue weighted by atomic mass is 10.00. The van der Waals surface area contributed by atoms with Crippen molar-refractivity contribution >= 4 is 11.3 Å². The van der Waals surface area contributed by atoms with Gasteiger partial charge in [-0.25, -0.2) is 4.98 Å². The Morgan fingerprint density at radius 1 is 1.62 bits per heavy atom. The summed E-state index contributed by atoms with van der Waals surface area (Å²) in [5, 5.41) is 10.3. The molecular weight excluding hydrogens is 218 g/mol. The number of nitrogens with one attached hydrogen (secondary N) is 2. The van der Waals surface area contributed by atoms with Gasteiger partial charge in [0.05, 0.1) is 10.7 Å². The van der Waals surface area contributed by atoms with Gasteiger partial charge < -0.3 is 10.6 Å². The molecule has 0 bridgehead atoms. The lowest BCUT2D eigenvalue weighted by Gasteiger charge is -2.22. The van der Waals surface area contributed by atoms with Crippen molar-refractivity contribution in [3.05, 3.63) is 16.1 Å². The summed E-state index contributed by atoms with van der Waals surface area (Å²) in [6.45, 7) is 6.66. The highest BCUT2D eigenvalue weighted by atomic mass is 32.1. The van der Waals surface area contributed by atoms with Gasteiger partial charge in [0, 0.05) is 18.3 Å². The summed E-state index contributed by atoms with van der Waals surface area (Å²) in [4.78, 5) is 4.46. The van der Waals surface area contributed by atoms with Crippen LogP contribution in [0.1, 0.15) is 23.5 Å². The van der Waals surface area contributed by atoms with Crippen LogP contribution in [0.3, 0.4) is 0 Å². The van der Waals surface area contributed by atoms with Gasteiger partial charge in [0.25, 0.3) is 0 Å².